The van der Waals surface area contributed by atoms with Crippen molar-refractivity contribution in [2.75, 3.05) is 7.11 Å². The number of fused-ring (bicyclic) bond motifs is 1. The summed E-state index contributed by atoms with van der Waals surface area (Å²) in [6.07, 6.45) is 7.82. The van der Waals surface area contributed by atoms with Crippen LogP contribution >= 0.6 is 0 Å². The second kappa shape index (κ2) is 5.29. The van der Waals surface area contributed by atoms with Crippen LogP contribution in [0.4, 0.5) is 0 Å². The molecule has 1 aliphatic carbocycles. The lowest BCUT2D eigenvalue weighted by atomic mass is 9.86. The Balaban J connectivity index is 2.09. The van der Waals surface area contributed by atoms with Crippen LogP contribution in [0.15, 0.2) is 48.8 Å². The number of benzene rings is 1. The van der Waals surface area contributed by atoms with E-state index in [0.29, 0.717) is 5.56 Å². The number of esters is 1. The van der Waals surface area contributed by atoms with Gasteiger partial charge < -0.3 is 4.74 Å². The third-order valence-electron chi connectivity index (χ3n) is 3.57. The fourth-order valence-corrected chi connectivity index (χ4v) is 2.58. The van der Waals surface area contributed by atoms with Crippen LogP contribution in [-0.2, 0) is 11.2 Å². The molecule has 100 valence electrons. The van der Waals surface area contributed by atoms with Crippen LogP contribution < -0.4 is 0 Å². The fourth-order valence-electron chi connectivity index (χ4n) is 2.58. The van der Waals surface area contributed by atoms with Gasteiger partial charge >= 0.3 is 5.97 Å². The average Bonchev–Trinajstić information content (AvgIpc) is 2.54. The van der Waals surface area contributed by atoms with E-state index in [9.17, 15) is 4.79 Å². The summed E-state index contributed by atoms with van der Waals surface area (Å²) in [5.41, 5.74) is 5.27. The first-order chi connectivity index (χ1) is 9.79. The van der Waals surface area contributed by atoms with E-state index in [0.717, 1.165) is 24.0 Å². The normalized spacial score (nSPS) is 13.3. The Morgan fingerprint density at radius 1 is 1.20 bits per heavy atom. The maximum atomic E-state index is 11.7. The molecule has 0 saturated carbocycles. The minimum Gasteiger partial charge on any atom is -0.465 e. The lowest BCUT2D eigenvalue weighted by molar-refractivity contribution is 0.0600. The molecule has 2 aromatic rings. The predicted molar refractivity (Wildman–Crippen MR) is 77.4 cm³/mol. The second-order valence-corrected chi connectivity index (χ2v) is 4.76. The highest BCUT2D eigenvalue weighted by atomic mass is 16.5. The molecular weight excluding hydrogens is 250 g/mol. The Morgan fingerprint density at radius 3 is 2.75 bits per heavy atom. The van der Waals surface area contributed by atoms with Crippen LogP contribution in [0.1, 0.15) is 33.5 Å². The van der Waals surface area contributed by atoms with Crippen molar-refractivity contribution in [1.29, 1.82) is 0 Å². The van der Waals surface area contributed by atoms with E-state index in [1.54, 1.807) is 12.4 Å². The molecule has 1 aromatic carbocycles. The van der Waals surface area contributed by atoms with Crippen LogP contribution in [-0.4, -0.2) is 18.1 Å². The van der Waals surface area contributed by atoms with Gasteiger partial charge in [-0.2, -0.15) is 0 Å². The zero-order chi connectivity index (χ0) is 13.9. The van der Waals surface area contributed by atoms with Crippen LogP contribution in [0.2, 0.25) is 0 Å². The van der Waals surface area contributed by atoms with Gasteiger partial charge in [0.25, 0.3) is 0 Å². The van der Waals surface area contributed by atoms with Crippen LogP contribution in [0.25, 0.3) is 5.57 Å². The van der Waals surface area contributed by atoms with Gasteiger partial charge in [0.1, 0.15) is 0 Å². The average molecular weight is 265 g/mol. The zero-order valence-corrected chi connectivity index (χ0v) is 11.3. The Bertz CT molecular complexity index is 675. The zero-order valence-electron chi connectivity index (χ0n) is 11.3. The van der Waals surface area contributed by atoms with E-state index >= 15 is 0 Å². The van der Waals surface area contributed by atoms with Crippen LogP contribution in [0, 0.1) is 0 Å². The van der Waals surface area contributed by atoms with Gasteiger partial charge in [0.15, 0.2) is 0 Å². The molecular formula is C17H15NO2. The number of pyridine rings is 1. The Morgan fingerprint density at radius 2 is 2.00 bits per heavy atom. The first-order valence-corrected chi connectivity index (χ1v) is 6.62. The Hall–Kier alpha value is -2.42. The molecule has 1 aromatic heterocycles. The molecule has 1 heterocycles. The van der Waals surface area contributed by atoms with Gasteiger partial charge in [-0.3, -0.25) is 4.98 Å². The van der Waals surface area contributed by atoms with Crippen LogP contribution in [0.3, 0.4) is 0 Å². The van der Waals surface area contributed by atoms with Crippen molar-refractivity contribution in [3.63, 3.8) is 0 Å². The topological polar surface area (TPSA) is 39.2 Å². The first-order valence-electron chi connectivity index (χ1n) is 6.62. The molecule has 3 rings (SSSR count). The summed E-state index contributed by atoms with van der Waals surface area (Å²) in [6, 6.07) is 9.76. The third-order valence-corrected chi connectivity index (χ3v) is 3.57. The number of ether oxygens (including phenoxy) is 1. The number of methoxy groups -OCH3 is 1. The van der Waals surface area contributed by atoms with E-state index in [2.05, 4.69) is 11.1 Å². The Labute approximate surface area is 117 Å². The largest absolute Gasteiger partial charge is 0.465 e. The van der Waals surface area contributed by atoms with Crippen molar-refractivity contribution < 1.29 is 9.53 Å². The molecule has 0 N–H and O–H groups in total. The number of aromatic nitrogens is 1. The summed E-state index contributed by atoms with van der Waals surface area (Å²) >= 11 is 0. The molecule has 0 atom stereocenters. The molecule has 0 fully saturated rings. The smallest absolute Gasteiger partial charge is 0.337 e. The minimum absolute atomic E-state index is 0.299. The van der Waals surface area contributed by atoms with Gasteiger partial charge in [-0.1, -0.05) is 12.1 Å². The van der Waals surface area contributed by atoms with Gasteiger partial charge in [0.05, 0.1) is 12.7 Å². The monoisotopic (exact) mass is 265 g/mol. The van der Waals surface area contributed by atoms with Crippen molar-refractivity contribution in [2.45, 2.75) is 12.8 Å². The number of carbonyl (C=O) groups excluding carboxylic acids is 1. The molecule has 0 amide bonds. The third kappa shape index (κ3) is 2.23. The number of nitrogens with zero attached hydrogens (tertiary/aromatic N) is 1. The summed E-state index contributed by atoms with van der Waals surface area (Å²) in [5.74, 6) is -0.299. The standard InChI is InChI=1S/C17H15NO2/c1-20-17(19)14-6-5-12-3-2-4-15(16(12)11-14)13-7-9-18-10-8-13/h4-11H,2-3H2,1H3. The quantitative estimate of drug-likeness (QED) is 0.782. The maximum absolute atomic E-state index is 11.7. The minimum atomic E-state index is -0.299. The van der Waals surface area contributed by atoms with Crippen molar-refractivity contribution >= 4 is 11.5 Å². The van der Waals surface area contributed by atoms with E-state index < -0.39 is 0 Å². The number of hydrogen-bond acceptors (Lipinski definition) is 3. The van der Waals surface area contributed by atoms with Gasteiger partial charge in [-0.15, -0.1) is 0 Å². The molecule has 0 bridgehead atoms. The molecule has 3 heteroatoms. The number of hydrogen-bond donors (Lipinski definition) is 0. The van der Waals surface area contributed by atoms with Crippen molar-refractivity contribution in [1.82, 2.24) is 4.98 Å². The van der Waals surface area contributed by atoms with Gasteiger partial charge in [-0.05, 0) is 59.4 Å². The fraction of sp³-hybridized carbons (Fsp3) is 0.176. The van der Waals surface area contributed by atoms with E-state index in [1.807, 2.05) is 30.3 Å². The van der Waals surface area contributed by atoms with E-state index in [-0.39, 0.29) is 5.97 Å². The summed E-state index contributed by atoms with van der Waals surface area (Å²) in [6.45, 7) is 0. The van der Waals surface area contributed by atoms with Crippen molar-refractivity contribution in [3.05, 3.63) is 71.1 Å². The van der Waals surface area contributed by atoms with Gasteiger partial charge in [0, 0.05) is 12.4 Å². The number of aryl methyl sites for hydroxylation is 1. The number of carbonyl (C=O) groups is 1. The van der Waals surface area contributed by atoms with Gasteiger partial charge in [0.2, 0.25) is 0 Å². The molecule has 0 saturated heterocycles. The lowest BCUT2D eigenvalue weighted by Gasteiger charge is -2.18. The summed E-state index contributed by atoms with van der Waals surface area (Å²) in [7, 11) is 1.40. The summed E-state index contributed by atoms with van der Waals surface area (Å²) in [5, 5.41) is 0. The maximum Gasteiger partial charge on any atom is 0.337 e. The Kier molecular flexibility index (Phi) is 3.33. The SMILES string of the molecule is COC(=O)c1ccc2c(c1)C(c1ccncc1)=CCC2. The molecule has 0 spiro atoms. The molecule has 3 nitrogen and oxygen atoms in total. The predicted octanol–water partition coefficient (Wildman–Crippen LogP) is 3.25. The molecule has 0 unspecified atom stereocenters. The summed E-state index contributed by atoms with van der Waals surface area (Å²) < 4.78 is 4.80. The molecule has 0 aliphatic heterocycles. The van der Waals surface area contributed by atoms with Gasteiger partial charge in [-0.25, -0.2) is 4.79 Å². The number of rotatable bonds is 2. The summed E-state index contributed by atoms with van der Waals surface area (Å²) in [4.78, 5) is 15.7. The highest BCUT2D eigenvalue weighted by molar-refractivity contribution is 5.92. The van der Waals surface area contributed by atoms with E-state index in [1.165, 1.54) is 18.2 Å². The lowest BCUT2D eigenvalue weighted by Crippen LogP contribution is -2.06. The van der Waals surface area contributed by atoms with Crippen LogP contribution in [0.5, 0.6) is 0 Å². The highest BCUT2D eigenvalue weighted by Crippen LogP contribution is 2.32. The molecule has 1 aliphatic rings. The molecule has 20 heavy (non-hydrogen) atoms. The van der Waals surface area contributed by atoms with Crippen molar-refractivity contribution in [2.24, 2.45) is 0 Å². The molecule has 0 radical (unpaired) electrons. The number of allylic oxidation sites excluding steroid dienone is 1. The van der Waals surface area contributed by atoms with Crippen molar-refractivity contribution in [3.8, 4) is 0 Å². The second-order valence-electron chi connectivity index (χ2n) is 4.76. The van der Waals surface area contributed by atoms with E-state index in [4.69, 9.17) is 4.74 Å². The highest BCUT2D eigenvalue weighted by Gasteiger charge is 2.16. The first kappa shape index (κ1) is 12.6.